The van der Waals surface area contributed by atoms with Crippen LogP contribution in [0.1, 0.15) is 0 Å². The lowest BCUT2D eigenvalue weighted by Crippen LogP contribution is -2.64. The van der Waals surface area contributed by atoms with Crippen LogP contribution < -0.4 is 62.0 Å². The third-order valence-corrected chi connectivity index (χ3v) is 18.0. The Morgan fingerprint density at radius 3 is 1.30 bits per heavy atom. The van der Waals surface area contributed by atoms with Gasteiger partial charge in [-0.3, -0.25) is 4.90 Å². The first kappa shape index (κ1) is 49.1. The first-order valence-electron chi connectivity index (χ1n) is 29.8. The number of rotatable bonds is 9. The quantitative estimate of drug-likeness (QED) is 0.133. The zero-order chi connectivity index (χ0) is 57.1. The SMILES string of the molecule is c1ccc(N(c2ccccc2)c2cc3c4c(c2)N(c2ccccc2)c2oc5c(ccc6ccccc65)c2B4c2cc4c(cc2O3)N(c2ccccc2)c2cc(N(c3ccccc3)c3ccccc3)cc3c2B4c2ccccc2N3c2ccccc2)cc1. The molecule has 14 aromatic rings. The minimum Gasteiger partial charge on any atom is -0.458 e. The van der Waals surface area contributed by atoms with Crippen LogP contribution in [0.2, 0.25) is 0 Å². The molecule has 0 saturated carbocycles. The number of benzene rings is 13. The standard InChI is InChI=1S/C78H51B2N5O2/c1-8-27-53(28-9-1)81(54-29-10-2-11-30-54)60-46-69-75-70(47-60)84(58-37-18-6-19-38-58)68-51-72-66(50-65(68)79(75)64-42-24-25-43-67(64)83(69)57-35-16-5-17-36-57)80-74-63-45-44-52-26-22-23-41-62(52)77(63)87-78(74)85(59-39-20-7-21-40-59)71-48-61(49-73(86-72)76(71)80)82(55-31-12-3-13-32-55)56-33-14-4-15-34-56/h1-51H. The number of fused-ring (bicyclic) bond motifs is 12. The molecule has 0 saturated heterocycles. The molecule has 13 aromatic carbocycles. The van der Waals surface area contributed by atoms with E-state index in [1.807, 2.05) is 0 Å². The van der Waals surface area contributed by atoms with Crippen molar-refractivity contribution in [3.05, 3.63) is 309 Å². The maximum Gasteiger partial charge on any atom is 0.261 e. The average molecular weight is 1110 g/mol. The van der Waals surface area contributed by atoms with E-state index in [2.05, 4.69) is 334 Å². The van der Waals surface area contributed by atoms with Crippen LogP contribution in [0.5, 0.6) is 11.5 Å². The van der Waals surface area contributed by atoms with Crippen molar-refractivity contribution in [2.75, 3.05) is 24.5 Å². The summed E-state index contributed by atoms with van der Waals surface area (Å²) in [5.74, 6) is 2.37. The van der Waals surface area contributed by atoms with E-state index >= 15 is 0 Å². The van der Waals surface area contributed by atoms with Crippen LogP contribution in [0.4, 0.5) is 85.5 Å². The normalized spacial score (nSPS) is 13.0. The minimum atomic E-state index is -0.309. The molecule has 0 N–H and O–H groups in total. The van der Waals surface area contributed by atoms with Gasteiger partial charge in [0.05, 0.1) is 17.1 Å². The second-order valence-electron chi connectivity index (χ2n) is 22.8. The van der Waals surface area contributed by atoms with Gasteiger partial charge in [0.1, 0.15) is 17.1 Å². The fraction of sp³-hybridized carbons (Fsp3) is 0. The highest BCUT2D eigenvalue weighted by Gasteiger charge is 2.50. The molecule has 0 unspecified atom stereocenters. The molecule has 0 bridgehead atoms. The van der Waals surface area contributed by atoms with Crippen molar-refractivity contribution in [2.24, 2.45) is 0 Å². The number of ether oxygens (including phenoxy) is 1. The second kappa shape index (κ2) is 19.6. The van der Waals surface area contributed by atoms with Gasteiger partial charge in [-0.15, -0.1) is 0 Å². The van der Waals surface area contributed by atoms with Crippen LogP contribution in [-0.4, -0.2) is 13.4 Å². The largest absolute Gasteiger partial charge is 0.458 e. The van der Waals surface area contributed by atoms with Gasteiger partial charge in [-0.25, -0.2) is 0 Å². The van der Waals surface area contributed by atoms with Gasteiger partial charge in [0.15, 0.2) is 0 Å². The topological polar surface area (TPSA) is 38.6 Å². The number of anilines is 15. The van der Waals surface area contributed by atoms with Crippen molar-refractivity contribution in [3.63, 3.8) is 0 Å². The Balaban J connectivity index is 0.947. The summed E-state index contributed by atoms with van der Waals surface area (Å²) in [4.78, 5) is 12.0. The third-order valence-electron chi connectivity index (χ3n) is 18.0. The number of hydrogen-bond donors (Lipinski definition) is 0. The Morgan fingerprint density at radius 2 is 0.736 bits per heavy atom. The number of para-hydroxylation sites is 8. The van der Waals surface area contributed by atoms with Crippen molar-refractivity contribution < 1.29 is 9.15 Å². The molecule has 0 fully saturated rings. The van der Waals surface area contributed by atoms with Gasteiger partial charge in [-0.1, -0.05) is 188 Å². The molecule has 0 radical (unpaired) electrons. The van der Waals surface area contributed by atoms with Crippen molar-refractivity contribution >= 4 is 153 Å². The molecule has 0 atom stereocenters. The summed E-state index contributed by atoms with van der Waals surface area (Å²) in [5, 5.41) is 3.27. The van der Waals surface area contributed by atoms with E-state index in [0.29, 0.717) is 0 Å². The third kappa shape index (κ3) is 7.59. The molecule has 87 heavy (non-hydrogen) atoms. The van der Waals surface area contributed by atoms with Crippen LogP contribution in [-0.2, 0) is 0 Å². The Hall–Kier alpha value is -11.4. The van der Waals surface area contributed by atoms with Crippen LogP contribution >= 0.6 is 0 Å². The maximum atomic E-state index is 7.78. The molecule has 9 heteroatoms. The predicted molar refractivity (Wildman–Crippen MR) is 363 cm³/mol. The minimum absolute atomic E-state index is 0.190. The first-order valence-corrected chi connectivity index (χ1v) is 29.8. The van der Waals surface area contributed by atoms with Crippen molar-refractivity contribution in [1.82, 2.24) is 0 Å². The van der Waals surface area contributed by atoms with Crippen molar-refractivity contribution in [3.8, 4) is 11.5 Å². The summed E-state index contributed by atoms with van der Waals surface area (Å²) >= 11 is 0. The Bertz CT molecular complexity index is 4920. The zero-order valence-corrected chi connectivity index (χ0v) is 47.2. The van der Waals surface area contributed by atoms with Gasteiger partial charge in [-0.05, 0) is 142 Å². The van der Waals surface area contributed by atoms with Gasteiger partial charge in [-0.2, -0.15) is 0 Å². The summed E-state index contributed by atoms with van der Waals surface area (Å²) in [7, 11) is 0. The smallest absolute Gasteiger partial charge is 0.261 e. The highest BCUT2D eigenvalue weighted by atomic mass is 16.5. The van der Waals surface area contributed by atoms with Gasteiger partial charge in [0.25, 0.3) is 13.4 Å². The lowest BCUT2D eigenvalue weighted by molar-refractivity contribution is 0.488. The molecule has 4 aliphatic heterocycles. The fourth-order valence-electron chi connectivity index (χ4n) is 14.4. The second-order valence-corrected chi connectivity index (χ2v) is 22.8. The Kier molecular flexibility index (Phi) is 11.0. The summed E-state index contributed by atoms with van der Waals surface area (Å²) < 4.78 is 15.3. The van der Waals surface area contributed by atoms with E-state index in [-0.39, 0.29) is 13.4 Å². The Labute approximate surface area is 505 Å². The van der Waals surface area contributed by atoms with Gasteiger partial charge >= 0.3 is 0 Å². The van der Waals surface area contributed by atoms with E-state index < -0.39 is 0 Å². The van der Waals surface area contributed by atoms with Crippen LogP contribution in [0, 0.1) is 0 Å². The van der Waals surface area contributed by atoms with Gasteiger partial charge in [0.2, 0.25) is 5.88 Å². The monoisotopic (exact) mass is 1110 g/mol. The summed E-state index contributed by atoms with van der Waals surface area (Å²) in [6.45, 7) is -0.499. The molecule has 7 nitrogen and oxygen atoms in total. The number of hydrogen-bond acceptors (Lipinski definition) is 7. The predicted octanol–water partition coefficient (Wildman–Crippen LogP) is 17.0. The molecule has 0 amide bonds. The van der Waals surface area contributed by atoms with E-state index in [4.69, 9.17) is 9.15 Å². The molecule has 18 rings (SSSR count). The highest BCUT2D eigenvalue weighted by Crippen LogP contribution is 2.52. The van der Waals surface area contributed by atoms with Gasteiger partial charge in [0, 0.05) is 90.9 Å². The molecule has 5 heterocycles. The van der Waals surface area contributed by atoms with Crippen LogP contribution in [0.25, 0.3) is 21.7 Å². The highest BCUT2D eigenvalue weighted by molar-refractivity contribution is 7.03. The zero-order valence-electron chi connectivity index (χ0n) is 47.2. The van der Waals surface area contributed by atoms with Crippen molar-refractivity contribution in [2.45, 2.75) is 0 Å². The molecule has 0 aliphatic carbocycles. The number of furan rings is 1. The molecular weight excluding hydrogens is 1060 g/mol. The summed E-state index contributed by atoms with van der Waals surface area (Å²) in [5.41, 5.74) is 22.5. The van der Waals surface area contributed by atoms with E-state index in [0.717, 1.165) is 135 Å². The molecule has 4 aliphatic rings. The summed E-state index contributed by atoms with van der Waals surface area (Å²) in [6.07, 6.45) is 0. The molecule has 406 valence electrons. The summed E-state index contributed by atoms with van der Waals surface area (Å²) in [6, 6.07) is 112. The van der Waals surface area contributed by atoms with E-state index in [1.54, 1.807) is 0 Å². The average Bonchev–Trinajstić information content (AvgIpc) is 1.82. The first-order chi connectivity index (χ1) is 43.2. The van der Waals surface area contributed by atoms with Crippen LogP contribution in [0.3, 0.4) is 0 Å². The van der Waals surface area contributed by atoms with E-state index in [1.165, 1.54) is 16.4 Å². The maximum absolute atomic E-state index is 7.78. The Morgan fingerprint density at radius 1 is 0.276 bits per heavy atom. The van der Waals surface area contributed by atoms with Gasteiger partial charge < -0.3 is 28.8 Å². The number of nitrogens with zero attached hydrogens (tertiary/aromatic N) is 5. The van der Waals surface area contributed by atoms with Crippen LogP contribution in [0.15, 0.2) is 314 Å². The lowest BCUT2D eigenvalue weighted by atomic mass is 9.30. The lowest BCUT2D eigenvalue weighted by Gasteiger charge is -2.45. The molecule has 0 spiro atoms. The van der Waals surface area contributed by atoms with Crippen molar-refractivity contribution in [1.29, 1.82) is 0 Å². The molecule has 1 aromatic heterocycles. The molecular formula is C78H51B2N5O2. The van der Waals surface area contributed by atoms with E-state index in [9.17, 15) is 0 Å². The fourth-order valence-corrected chi connectivity index (χ4v) is 14.4.